The second kappa shape index (κ2) is 6.29. The van der Waals surface area contributed by atoms with Crippen molar-refractivity contribution < 1.29 is 4.39 Å². The van der Waals surface area contributed by atoms with Gasteiger partial charge in [-0.1, -0.05) is 12.1 Å². The predicted molar refractivity (Wildman–Crippen MR) is 75.5 cm³/mol. The molecule has 1 aromatic heterocycles. The van der Waals surface area contributed by atoms with Gasteiger partial charge in [-0.2, -0.15) is 0 Å². The number of nitrogens with one attached hydrogen (secondary N) is 1. The second-order valence-corrected chi connectivity index (χ2v) is 4.52. The third kappa shape index (κ3) is 3.76. The number of hydrogen-bond donors (Lipinski definition) is 1. The molecule has 4 heteroatoms. The van der Waals surface area contributed by atoms with Gasteiger partial charge in [0.25, 0.3) is 0 Å². The number of rotatable bonds is 5. The van der Waals surface area contributed by atoms with Crippen LogP contribution in [0.25, 0.3) is 0 Å². The van der Waals surface area contributed by atoms with E-state index in [9.17, 15) is 4.39 Å². The molecule has 0 aliphatic heterocycles. The molecule has 0 atom stereocenters. The third-order valence-electron chi connectivity index (χ3n) is 2.92. The van der Waals surface area contributed by atoms with Crippen LogP contribution in [0, 0.1) is 5.82 Å². The Hall–Kier alpha value is -1.94. The quantitative estimate of drug-likeness (QED) is 0.894. The average Bonchev–Trinajstić information content (AvgIpc) is 2.41. The third-order valence-corrected chi connectivity index (χ3v) is 2.92. The van der Waals surface area contributed by atoms with E-state index in [0.717, 1.165) is 23.5 Å². The highest BCUT2D eigenvalue weighted by Crippen LogP contribution is 2.15. The first-order valence-electron chi connectivity index (χ1n) is 6.24. The molecule has 2 rings (SSSR count). The summed E-state index contributed by atoms with van der Waals surface area (Å²) in [4.78, 5) is 6.39. The van der Waals surface area contributed by atoms with Crippen molar-refractivity contribution in [2.24, 2.45) is 0 Å². The summed E-state index contributed by atoms with van der Waals surface area (Å²) in [7, 11) is 3.84. The highest BCUT2D eigenvalue weighted by atomic mass is 19.1. The Kier molecular flexibility index (Phi) is 4.47. The van der Waals surface area contributed by atoms with Gasteiger partial charge in [-0.15, -0.1) is 0 Å². The Labute approximate surface area is 113 Å². The van der Waals surface area contributed by atoms with E-state index >= 15 is 0 Å². The molecular formula is C15H18FN3. The van der Waals surface area contributed by atoms with Crippen molar-refractivity contribution in [3.8, 4) is 0 Å². The minimum Gasteiger partial charge on any atom is -0.369 e. The van der Waals surface area contributed by atoms with E-state index in [1.165, 1.54) is 12.1 Å². The summed E-state index contributed by atoms with van der Waals surface area (Å²) >= 11 is 0. The molecule has 1 N–H and O–H groups in total. The van der Waals surface area contributed by atoms with Crippen LogP contribution in [0.4, 0.5) is 10.1 Å². The number of nitrogens with zero attached hydrogens (tertiary/aromatic N) is 2. The number of anilines is 1. The van der Waals surface area contributed by atoms with Crippen molar-refractivity contribution in [2.75, 3.05) is 19.0 Å². The van der Waals surface area contributed by atoms with Gasteiger partial charge >= 0.3 is 0 Å². The molecule has 1 heterocycles. The lowest BCUT2D eigenvalue weighted by atomic mass is 10.2. The van der Waals surface area contributed by atoms with Crippen LogP contribution < -0.4 is 10.2 Å². The van der Waals surface area contributed by atoms with Crippen LogP contribution in [0.3, 0.4) is 0 Å². The first-order chi connectivity index (χ1) is 9.19. The topological polar surface area (TPSA) is 28.2 Å². The van der Waals surface area contributed by atoms with Crippen molar-refractivity contribution in [3.05, 3.63) is 59.7 Å². The van der Waals surface area contributed by atoms with Crippen LogP contribution in [-0.2, 0) is 13.1 Å². The van der Waals surface area contributed by atoms with Gasteiger partial charge in [-0.3, -0.25) is 4.98 Å². The van der Waals surface area contributed by atoms with Crippen molar-refractivity contribution in [2.45, 2.75) is 13.1 Å². The van der Waals surface area contributed by atoms with Gasteiger partial charge in [0, 0.05) is 25.5 Å². The molecule has 0 spiro atoms. The second-order valence-electron chi connectivity index (χ2n) is 4.52. The molecule has 0 saturated carbocycles. The molecule has 100 valence electrons. The first kappa shape index (κ1) is 13.5. The molecule has 0 saturated heterocycles. The maximum atomic E-state index is 13.2. The zero-order valence-corrected chi connectivity index (χ0v) is 11.2. The SMILES string of the molecule is CNCc1ccc(CN(C)c2cccc(F)c2)nc1. The Morgan fingerprint density at radius 2 is 2.11 bits per heavy atom. The Morgan fingerprint density at radius 3 is 2.74 bits per heavy atom. The summed E-state index contributed by atoms with van der Waals surface area (Å²) in [6, 6.07) is 10.6. The highest BCUT2D eigenvalue weighted by Gasteiger charge is 2.04. The minimum atomic E-state index is -0.221. The molecule has 0 unspecified atom stereocenters. The number of hydrogen-bond acceptors (Lipinski definition) is 3. The molecular weight excluding hydrogens is 241 g/mol. The van der Waals surface area contributed by atoms with Crippen molar-refractivity contribution in [1.82, 2.24) is 10.3 Å². The Bertz CT molecular complexity index is 525. The molecule has 19 heavy (non-hydrogen) atoms. The lowest BCUT2D eigenvalue weighted by Gasteiger charge is -2.19. The predicted octanol–water partition coefficient (Wildman–Crippen LogP) is 2.58. The Balaban J connectivity index is 2.04. The van der Waals surface area contributed by atoms with Crippen LogP contribution in [0.1, 0.15) is 11.3 Å². The number of halogens is 1. The van der Waals surface area contributed by atoms with E-state index in [1.54, 1.807) is 6.07 Å². The van der Waals surface area contributed by atoms with E-state index in [0.29, 0.717) is 6.54 Å². The monoisotopic (exact) mass is 259 g/mol. The summed E-state index contributed by atoms with van der Waals surface area (Å²) < 4.78 is 13.2. The number of benzene rings is 1. The zero-order chi connectivity index (χ0) is 13.7. The van der Waals surface area contributed by atoms with E-state index in [2.05, 4.69) is 16.4 Å². The molecule has 1 aromatic carbocycles. The molecule has 0 aliphatic carbocycles. The van der Waals surface area contributed by atoms with Gasteiger partial charge in [0.05, 0.1) is 12.2 Å². The van der Waals surface area contributed by atoms with Crippen LogP contribution in [-0.4, -0.2) is 19.1 Å². The summed E-state index contributed by atoms with van der Waals surface area (Å²) in [6.45, 7) is 1.47. The van der Waals surface area contributed by atoms with Crippen molar-refractivity contribution >= 4 is 5.69 Å². The van der Waals surface area contributed by atoms with Gasteiger partial charge < -0.3 is 10.2 Å². The summed E-state index contributed by atoms with van der Waals surface area (Å²) in [5.41, 5.74) is 2.97. The van der Waals surface area contributed by atoms with Crippen LogP contribution in [0.5, 0.6) is 0 Å². The van der Waals surface area contributed by atoms with E-state index in [-0.39, 0.29) is 5.82 Å². The fraction of sp³-hybridized carbons (Fsp3) is 0.267. The lowest BCUT2D eigenvalue weighted by molar-refractivity contribution is 0.627. The van der Waals surface area contributed by atoms with Crippen molar-refractivity contribution in [3.63, 3.8) is 0 Å². The van der Waals surface area contributed by atoms with Crippen molar-refractivity contribution in [1.29, 1.82) is 0 Å². The summed E-state index contributed by atoms with van der Waals surface area (Å²) in [5, 5.41) is 3.08. The maximum Gasteiger partial charge on any atom is 0.125 e. The van der Waals surface area contributed by atoms with Crippen LogP contribution in [0.2, 0.25) is 0 Å². The average molecular weight is 259 g/mol. The molecule has 0 bridgehead atoms. The lowest BCUT2D eigenvalue weighted by Crippen LogP contribution is -2.17. The minimum absolute atomic E-state index is 0.221. The van der Waals surface area contributed by atoms with Gasteiger partial charge in [-0.25, -0.2) is 4.39 Å². The van der Waals surface area contributed by atoms with Gasteiger partial charge in [0.2, 0.25) is 0 Å². The van der Waals surface area contributed by atoms with Crippen LogP contribution >= 0.6 is 0 Å². The number of aromatic nitrogens is 1. The molecule has 0 radical (unpaired) electrons. The number of pyridine rings is 1. The van der Waals surface area contributed by atoms with Gasteiger partial charge in [-0.05, 0) is 36.9 Å². The standard InChI is InChI=1S/C15H18FN3/c1-17-9-12-6-7-14(18-10-12)11-19(2)15-5-3-4-13(16)8-15/h3-8,10,17H,9,11H2,1-2H3. The highest BCUT2D eigenvalue weighted by molar-refractivity contribution is 5.45. The van der Waals surface area contributed by atoms with E-state index in [4.69, 9.17) is 0 Å². The zero-order valence-electron chi connectivity index (χ0n) is 11.2. The summed E-state index contributed by atoms with van der Waals surface area (Å²) in [6.07, 6.45) is 1.87. The smallest absolute Gasteiger partial charge is 0.125 e. The molecule has 0 amide bonds. The fourth-order valence-electron chi connectivity index (χ4n) is 1.91. The maximum absolute atomic E-state index is 13.2. The van der Waals surface area contributed by atoms with Crippen LogP contribution in [0.15, 0.2) is 42.6 Å². The molecule has 0 fully saturated rings. The van der Waals surface area contributed by atoms with E-state index < -0.39 is 0 Å². The first-order valence-corrected chi connectivity index (χ1v) is 6.24. The van der Waals surface area contributed by atoms with E-state index in [1.807, 2.05) is 37.3 Å². The molecule has 2 aromatic rings. The van der Waals surface area contributed by atoms with Gasteiger partial charge in [0.1, 0.15) is 5.82 Å². The molecule has 0 aliphatic rings. The normalized spacial score (nSPS) is 10.5. The van der Waals surface area contributed by atoms with Gasteiger partial charge in [0.15, 0.2) is 0 Å². The molecule has 3 nitrogen and oxygen atoms in total. The summed E-state index contributed by atoms with van der Waals surface area (Å²) in [5.74, 6) is -0.221. The fourth-order valence-corrected chi connectivity index (χ4v) is 1.91. The largest absolute Gasteiger partial charge is 0.369 e. The Morgan fingerprint density at radius 1 is 1.26 bits per heavy atom.